The summed E-state index contributed by atoms with van der Waals surface area (Å²) in [4.78, 5) is 13.7. The molecule has 27 heavy (non-hydrogen) atoms. The molecule has 1 aliphatic heterocycles. The molecule has 2 aromatic rings. The maximum absolute atomic E-state index is 6.36. The molecule has 144 valence electrons. The lowest BCUT2D eigenvalue weighted by Gasteiger charge is -2.36. The van der Waals surface area contributed by atoms with Crippen LogP contribution in [0.25, 0.3) is 0 Å². The van der Waals surface area contributed by atoms with Gasteiger partial charge in [0, 0.05) is 50.5 Å². The Morgan fingerprint density at radius 3 is 2.67 bits per heavy atom. The number of rotatable bonds is 5. The Labute approximate surface area is 170 Å². The average Bonchev–Trinajstić information content (AvgIpc) is 2.71. The lowest BCUT2D eigenvalue weighted by atomic mass is 9.96. The van der Waals surface area contributed by atoms with Crippen molar-refractivity contribution in [1.29, 1.82) is 0 Å². The number of fused-ring (bicyclic) bond motifs is 1. The highest BCUT2D eigenvalue weighted by molar-refractivity contribution is 6.43. The predicted octanol–water partition coefficient (Wildman–Crippen LogP) is 3.90. The van der Waals surface area contributed by atoms with Gasteiger partial charge in [0.25, 0.3) is 0 Å². The van der Waals surface area contributed by atoms with Crippen molar-refractivity contribution in [3.05, 3.63) is 45.8 Å². The second-order valence-corrected chi connectivity index (χ2v) is 7.97. The molecule has 0 spiro atoms. The van der Waals surface area contributed by atoms with Gasteiger partial charge in [-0.1, -0.05) is 29.3 Å². The van der Waals surface area contributed by atoms with Crippen LogP contribution in [-0.2, 0) is 12.8 Å². The fourth-order valence-electron chi connectivity index (χ4n) is 3.95. The second kappa shape index (κ2) is 8.63. The number of nitrogens with zero attached hydrogens (tertiary/aromatic N) is 4. The van der Waals surface area contributed by atoms with Crippen LogP contribution in [-0.4, -0.2) is 54.1 Å². The molecule has 0 saturated carbocycles. The van der Waals surface area contributed by atoms with E-state index in [1.165, 1.54) is 24.1 Å². The molecule has 1 aromatic carbocycles. The summed E-state index contributed by atoms with van der Waals surface area (Å²) < 4.78 is 0. The monoisotopic (exact) mass is 405 g/mol. The number of hydrogen-bond donors (Lipinski definition) is 1. The summed E-state index contributed by atoms with van der Waals surface area (Å²) >= 11 is 12.5. The molecular formula is C20H25Cl2N5. The molecule has 4 rings (SSSR count). The van der Waals surface area contributed by atoms with E-state index >= 15 is 0 Å². The van der Waals surface area contributed by atoms with E-state index < -0.39 is 0 Å². The Kier molecular flexibility index (Phi) is 6.01. The lowest BCUT2D eigenvalue weighted by molar-refractivity contribution is 0.267. The molecule has 1 fully saturated rings. The van der Waals surface area contributed by atoms with Gasteiger partial charge in [-0.2, -0.15) is 0 Å². The third-order valence-corrected chi connectivity index (χ3v) is 6.30. The zero-order chi connectivity index (χ0) is 18.6. The van der Waals surface area contributed by atoms with E-state index in [1.807, 2.05) is 18.2 Å². The molecule has 1 aromatic heterocycles. The first-order valence-corrected chi connectivity index (χ1v) is 10.5. The minimum atomic E-state index is 0.619. The van der Waals surface area contributed by atoms with Crippen molar-refractivity contribution >= 4 is 34.7 Å². The molecule has 1 N–H and O–H groups in total. The maximum Gasteiger partial charge on any atom is 0.132 e. The Balaban J connectivity index is 1.27. The Hall–Kier alpha value is -1.56. The molecule has 0 bridgehead atoms. The summed E-state index contributed by atoms with van der Waals surface area (Å²) in [5.74, 6) is 1.03. The van der Waals surface area contributed by atoms with Crippen molar-refractivity contribution < 1.29 is 0 Å². The number of piperazine rings is 1. The van der Waals surface area contributed by atoms with Crippen LogP contribution in [0.2, 0.25) is 10.0 Å². The first-order chi connectivity index (χ1) is 13.2. The van der Waals surface area contributed by atoms with Crippen LogP contribution in [0.1, 0.15) is 24.1 Å². The first kappa shape index (κ1) is 18.8. The largest absolute Gasteiger partial charge is 0.368 e. The highest BCUT2D eigenvalue weighted by Crippen LogP contribution is 2.32. The van der Waals surface area contributed by atoms with Crippen molar-refractivity contribution in [3.63, 3.8) is 0 Å². The summed E-state index contributed by atoms with van der Waals surface area (Å²) in [5.41, 5.74) is 3.59. The van der Waals surface area contributed by atoms with E-state index in [2.05, 4.69) is 25.1 Å². The highest BCUT2D eigenvalue weighted by Gasteiger charge is 2.20. The SMILES string of the molecule is Clc1cccc(N2CCN(CCNc3ncnc4c3CCCC4)CC2)c1Cl. The molecule has 1 saturated heterocycles. The fraction of sp³-hybridized carbons (Fsp3) is 0.500. The van der Waals surface area contributed by atoms with Crippen molar-refractivity contribution in [3.8, 4) is 0 Å². The van der Waals surface area contributed by atoms with Gasteiger partial charge in [0.2, 0.25) is 0 Å². The van der Waals surface area contributed by atoms with Gasteiger partial charge in [-0.3, -0.25) is 4.90 Å². The van der Waals surface area contributed by atoms with E-state index in [0.717, 1.165) is 63.6 Å². The van der Waals surface area contributed by atoms with Crippen LogP contribution in [0, 0.1) is 0 Å². The van der Waals surface area contributed by atoms with E-state index in [1.54, 1.807) is 6.33 Å². The summed E-state index contributed by atoms with van der Waals surface area (Å²) in [6.07, 6.45) is 6.35. The Bertz CT molecular complexity index is 790. The van der Waals surface area contributed by atoms with Crippen LogP contribution in [0.15, 0.2) is 24.5 Å². The van der Waals surface area contributed by atoms with Gasteiger partial charge in [0.15, 0.2) is 0 Å². The molecule has 0 amide bonds. The number of benzene rings is 1. The summed E-state index contributed by atoms with van der Waals surface area (Å²) in [7, 11) is 0. The number of anilines is 2. The third-order valence-electron chi connectivity index (χ3n) is 5.49. The van der Waals surface area contributed by atoms with Crippen LogP contribution in [0.5, 0.6) is 0 Å². The molecule has 1 aliphatic carbocycles. The molecule has 0 radical (unpaired) electrons. The average molecular weight is 406 g/mol. The van der Waals surface area contributed by atoms with Crippen molar-refractivity contribution in [2.75, 3.05) is 49.5 Å². The van der Waals surface area contributed by atoms with E-state index in [4.69, 9.17) is 23.2 Å². The number of hydrogen-bond acceptors (Lipinski definition) is 5. The first-order valence-electron chi connectivity index (χ1n) is 9.70. The van der Waals surface area contributed by atoms with Crippen LogP contribution in [0.3, 0.4) is 0 Å². The van der Waals surface area contributed by atoms with Crippen molar-refractivity contribution in [2.24, 2.45) is 0 Å². The normalized spacial score (nSPS) is 17.6. The van der Waals surface area contributed by atoms with Gasteiger partial charge < -0.3 is 10.2 Å². The minimum absolute atomic E-state index is 0.619. The fourth-order valence-corrected chi connectivity index (χ4v) is 4.37. The molecule has 5 nitrogen and oxygen atoms in total. The number of aromatic nitrogens is 2. The molecule has 0 unspecified atom stereocenters. The van der Waals surface area contributed by atoms with Crippen molar-refractivity contribution in [1.82, 2.24) is 14.9 Å². The maximum atomic E-state index is 6.36. The predicted molar refractivity (Wildman–Crippen MR) is 112 cm³/mol. The van der Waals surface area contributed by atoms with Gasteiger partial charge in [0.1, 0.15) is 12.1 Å². The van der Waals surface area contributed by atoms with Crippen LogP contribution in [0.4, 0.5) is 11.5 Å². The lowest BCUT2D eigenvalue weighted by Crippen LogP contribution is -2.47. The van der Waals surface area contributed by atoms with Gasteiger partial charge >= 0.3 is 0 Å². The zero-order valence-electron chi connectivity index (χ0n) is 15.4. The zero-order valence-corrected chi connectivity index (χ0v) is 16.9. The Morgan fingerprint density at radius 1 is 1.00 bits per heavy atom. The number of halogens is 2. The molecule has 7 heteroatoms. The van der Waals surface area contributed by atoms with Crippen LogP contribution < -0.4 is 10.2 Å². The number of aryl methyl sites for hydroxylation is 1. The second-order valence-electron chi connectivity index (χ2n) is 7.18. The molecule has 0 atom stereocenters. The van der Waals surface area contributed by atoms with Crippen LogP contribution >= 0.6 is 23.2 Å². The summed E-state index contributed by atoms with van der Waals surface area (Å²) in [6, 6.07) is 5.84. The van der Waals surface area contributed by atoms with E-state index in [9.17, 15) is 0 Å². The van der Waals surface area contributed by atoms with Gasteiger partial charge in [-0.05, 0) is 37.8 Å². The standard InChI is InChI=1S/C20H25Cl2N5/c21-16-5-3-7-18(19(16)22)27-12-10-26(11-13-27)9-8-23-20-15-4-1-2-6-17(15)24-14-25-20/h3,5,7,14H,1-2,4,6,8-13H2,(H,23,24,25). The smallest absolute Gasteiger partial charge is 0.132 e. The third kappa shape index (κ3) is 4.31. The minimum Gasteiger partial charge on any atom is -0.368 e. The molecule has 2 aliphatic rings. The van der Waals surface area contributed by atoms with Gasteiger partial charge in [-0.25, -0.2) is 9.97 Å². The highest BCUT2D eigenvalue weighted by atomic mass is 35.5. The summed E-state index contributed by atoms with van der Waals surface area (Å²) in [5, 5.41) is 4.81. The van der Waals surface area contributed by atoms with Gasteiger partial charge in [-0.15, -0.1) is 0 Å². The van der Waals surface area contributed by atoms with Gasteiger partial charge in [0.05, 0.1) is 15.7 Å². The summed E-state index contributed by atoms with van der Waals surface area (Å²) in [6.45, 7) is 5.88. The van der Waals surface area contributed by atoms with E-state index in [-0.39, 0.29) is 0 Å². The Morgan fingerprint density at radius 2 is 1.81 bits per heavy atom. The topological polar surface area (TPSA) is 44.3 Å². The number of nitrogens with one attached hydrogen (secondary N) is 1. The molecule has 2 heterocycles. The molecular weight excluding hydrogens is 381 g/mol. The van der Waals surface area contributed by atoms with Crippen molar-refractivity contribution in [2.45, 2.75) is 25.7 Å². The van der Waals surface area contributed by atoms with E-state index in [0.29, 0.717) is 10.0 Å². The quantitative estimate of drug-likeness (QED) is 0.816.